The summed E-state index contributed by atoms with van der Waals surface area (Å²) in [6.07, 6.45) is 4.53. The molecule has 1 aromatic rings. The summed E-state index contributed by atoms with van der Waals surface area (Å²) in [5.74, 6) is 6.02. The Morgan fingerprint density at radius 1 is 1.26 bits per heavy atom. The van der Waals surface area contributed by atoms with Crippen LogP contribution < -0.4 is 0 Å². The Morgan fingerprint density at radius 2 is 1.89 bits per heavy atom. The molecule has 1 aliphatic carbocycles. The van der Waals surface area contributed by atoms with Crippen LogP contribution >= 0.6 is 11.6 Å². The number of carbonyl (C=O) groups is 1. The van der Waals surface area contributed by atoms with E-state index >= 15 is 0 Å². The van der Waals surface area contributed by atoms with Gasteiger partial charge in [0.05, 0.1) is 11.0 Å². The van der Waals surface area contributed by atoms with Crippen molar-refractivity contribution in [2.75, 3.05) is 0 Å². The first-order valence-corrected chi connectivity index (χ1v) is 7.01. The van der Waals surface area contributed by atoms with Gasteiger partial charge in [0.15, 0.2) is 5.78 Å². The lowest BCUT2D eigenvalue weighted by Gasteiger charge is -2.16. The van der Waals surface area contributed by atoms with Crippen LogP contribution in [-0.2, 0) is 0 Å². The zero-order valence-corrected chi connectivity index (χ0v) is 11.6. The smallest absolute Gasteiger partial charge is 0.178 e. The van der Waals surface area contributed by atoms with E-state index in [2.05, 4.69) is 18.4 Å². The van der Waals surface area contributed by atoms with Gasteiger partial charge in [-0.25, -0.2) is 0 Å². The van der Waals surface area contributed by atoms with Gasteiger partial charge < -0.3 is 0 Å². The van der Waals surface area contributed by atoms with Crippen LogP contribution in [0.1, 0.15) is 36.0 Å². The third kappa shape index (κ3) is 3.72. The first-order chi connectivity index (χ1) is 9.18. The second-order valence-electron chi connectivity index (χ2n) is 4.93. The van der Waals surface area contributed by atoms with Crippen LogP contribution in [-0.4, -0.2) is 5.78 Å². The van der Waals surface area contributed by atoms with Crippen molar-refractivity contribution in [2.24, 2.45) is 11.8 Å². The molecule has 19 heavy (non-hydrogen) atoms. The van der Waals surface area contributed by atoms with Crippen molar-refractivity contribution in [3.63, 3.8) is 0 Å². The van der Waals surface area contributed by atoms with Crippen LogP contribution in [0.5, 0.6) is 0 Å². The van der Waals surface area contributed by atoms with Gasteiger partial charge in [0.2, 0.25) is 0 Å². The minimum Gasteiger partial charge on any atom is -0.293 e. The average molecular weight is 273 g/mol. The third-order valence-electron chi connectivity index (χ3n) is 3.58. The van der Waals surface area contributed by atoms with Gasteiger partial charge in [0.25, 0.3) is 0 Å². The van der Waals surface area contributed by atoms with Gasteiger partial charge >= 0.3 is 0 Å². The Kier molecular flexibility index (Phi) is 4.82. The molecule has 1 atom stereocenters. The van der Waals surface area contributed by atoms with E-state index in [1.54, 1.807) is 0 Å². The number of ketones is 1. The fourth-order valence-electron chi connectivity index (χ4n) is 2.63. The average Bonchev–Trinajstić information content (AvgIpc) is 2.93. The lowest BCUT2D eigenvalue weighted by Crippen LogP contribution is -2.21. The van der Waals surface area contributed by atoms with Crippen LogP contribution in [0.15, 0.2) is 41.9 Å². The first-order valence-electron chi connectivity index (χ1n) is 6.63. The maximum absolute atomic E-state index is 12.6. The molecule has 0 bridgehead atoms. The molecule has 0 saturated heterocycles. The maximum atomic E-state index is 12.6. The van der Waals surface area contributed by atoms with E-state index in [0.29, 0.717) is 11.0 Å². The quantitative estimate of drug-likeness (QED) is 0.588. The summed E-state index contributed by atoms with van der Waals surface area (Å²) in [5, 5.41) is 0.295. The summed E-state index contributed by atoms with van der Waals surface area (Å²) < 4.78 is 0. The lowest BCUT2D eigenvalue weighted by molar-refractivity contribution is 0.0916. The van der Waals surface area contributed by atoms with Crippen molar-refractivity contribution >= 4 is 17.4 Å². The molecular formula is C17H17ClO. The van der Waals surface area contributed by atoms with Crippen LogP contribution in [0, 0.1) is 23.7 Å². The molecule has 0 spiro atoms. The zero-order chi connectivity index (χ0) is 13.7. The number of Topliss-reactive ketones (excluding diaryl/α,β-unsaturated/α-hetero) is 1. The number of benzene rings is 1. The standard InChI is InChI=1S/C17H17ClO/c1-13(18)11-12-16(14-7-5-6-8-14)17(19)15-9-3-2-4-10-15/h2-4,9-10,14,16H,1,5-8H2. The van der Waals surface area contributed by atoms with Gasteiger partial charge in [-0.05, 0) is 18.8 Å². The van der Waals surface area contributed by atoms with Gasteiger partial charge in [-0.15, -0.1) is 0 Å². The molecule has 1 saturated carbocycles. The van der Waals surface area contributed by atoms with E-state index in [9.17, 15) is 4.79 Å². The SMILES string of the molecule is C=C(Cl)C#CC(C(=O)c1ccccc1)C1CCCC1. The molecule has 0 N–H and O–H groups in total. The number of carbonyl (C=O) groups excluding carboxylic acids is 1. The van der Waals surface area contributed by atoms with E-state index in [-0.39, 0.29) is 11.7 Å². The molecule has 98 valence electrons. The fraction of sp³-hybridized carbons (Fsp3) is 0.353. The lowest BCUT2D eigenvalue weighted by atomic mass is 9.85. The molecular weight excluding hydrogens is 256 g/mol. The Morgan fingerprint density at radius 3 is 2.47 bits per heavy atom. The van der Waals surface area contributed by atoms with Crippen LogP contribution in [0.25, 0.3) is 0 Å². The fourth-order valence-corrected chi connectivity index (χ4v) is 2.68. The van der Waals surface area contributed by atoms with Gasteiger partial charge in [-0.2, -0.15) is 0 Å². The largest absolute Gasteiger partial charge is 0.293 e. The number of hydrogen-bond acceptors (Lipinski definition) is 1. The highest BCUT2D eigenvalue weighted by atomic mass is 35.5. The molecule has 1 aromatic carbocycles. The van der Waals surface area contributed by atoms with Crippen LogP contribution in [0.3, 0.4) is 0 Å². The number of halogens is 1. The Hall–Kier alpha value is -1.52. The molecule has 0 aliphatic heterocycles. The van der Waals surface area contributed by atoms with Crippen molar-refractivity contribution in [3.8, 4) is 11.8 Å². The van der Waals surface area contributed by atoms with Gasteiger partial charge in [-0.3, -0.25) is 4.79 Å². The molecule has 1 unspecified atom stereocenters. The predicted octanol–water partition coefficient (Wildman–Crippen LogP) is 4.43. The first kappa shape index (κ1) is 13.9. The van der Waals surface area contributed by atoms with Crippen molar-refractivity contribution in [2.45, 2.75) is 25.7 Å². The molecule has 1 aliphatic rings. The topological polar surface area (TPSA) is 17.1 Å². The van der Waals surface area contributed by atoms with E-state index < -0.39 is 0 Å². The molecule has 0 heterocycles. The number of hydrogen-bond donors (Lipinski definition) is 0. The van der Waals surface area contributed by atoms with E-state index in [4.69, 9.17) is 11.6 Å². The Labute approximate surface area is 119 Å². The van der Waals surface area contributed by atoms with Crippen molar-refractivity contribution in [3.05, 3.63) is 47.5 Å². The normalized spacial score (nSPS) is 16.5. The van der Waals surface area contributed by atoms with Gasteiger partial charge in [0.1, 0.15) is 0 Å². The number of allylic oxidation sites excluding steroid dienone is 1. The highest BCUT2D eigenvalue weighted by Gasteiger charge is 2.29. The molecule has 0 aromatic heterocycles. The van der Waals surface area contributed by atoms with Crippen molar-refractivity contribution in [1.29, 1.82) is 0 Å². The molecule has 0 amide bonds. The highest BCUT2D eigenvalue weighted by Crippen LogP contribution is 2.33. The third-order valence-corrected chi connectivity index (χ3v) is 3.67. The Bertz CT molecular complexity index is 515. The molecule has 1 fully saturated rings. The van der Waals surface area contributed by atoms with E-state index in [1.807, 2.05) is 30.3 Å². The monoisotopic (exact) mass is 272 g/mol. The predicted molar refractivity (Wildman–Crippen MR) is 79.0 cm³/mol. The summed E-state index contributed by atoms with van der Waals surface area (Å²) in [7, 11) is 0. The minimum absolute atomic E-state index is 0.109. The van der Waals surface area contributed by atoms with E-state index in [1.165, 1.54) is 12.8 Å². The van der Waals surface area contributed by atoms with Gasteiger partial charge in [0, 0.05) is 5.56 Å². The second-order valence-corrected chi connectivity index (χ2v) is 5.38. The molecule has 1 nitrogen and oxygen atoms in total. The number of rotatable bonds is 3. The second kappa shape index (κ2) is 6.59. The summed E-state index contributed by atoms with van der Waals surface area (Å²) in [5.41, 5.74) is 0.730. The summed E-state index contributed by atoms with van der Waals surface area (Å²) in [6.45, 7) is 3.57. The van der Waals surface area contributed by atoms with Crippen molar-refractivity contribution < 1.29 is 4.79 Å². The molecule has 2 rings (SSSR count). The summed E-state index contributed by atoms with van der Waals surface area (Å²) in [4.78, 5) is 12.6. The maximum Gasteiger partial charge on any atom is 0.178 e. The van der Waals surface area contributed by atoms with Gasteiger partial charge in [-0.1, -0.05) is 73.2 Å². The molecule has 0 radical (unpaired) electrons. The highest BCUT2D eigenvalue weighted by molar-refractivity contribution is 6.31. The Balaban J connectivity index is 2.25. The van der Waals surface area contributed by atoms with Crippen molar-refractivity contribution in [1.82, 2.24) is 0 Å². The van der Waals surface area contributed by atoms with E-state index in [0.717, 1.165) is 18.4 Å². The van der Waals surface area contributed by atoms with Crippen LogP contribution in [0.4, 0.5) is 0 Å². The van der Waals surface area contributed by atoms with Crippen LogP contribution in [0.2, 0.25) is 0 Å². The summed E-state index contributed by atoms with van der Waals surface area (Å²) >= 11 is 5.70. The summed E-state index contributed by atoms with van der Waals surface area (Å²) in [6, 6.07) is 9.37. The molecule has 2 heteroatoms. The zero-order valence-electron chi connectivity index (χ0n) is 10.9. The minimum atomic E-state index is -0.250.